The van der Waals surface area contributed by atoms with Crippen LogP contribution < -0.4 is 5.73 Å². The van der Waals surface area contributed by atoms with Gasteiger partial charge in [0.15, 0.2) is 0 Å². The molecule has 0 aliphatic carbocycles. The van der Waals surface area contributed by atoms with Gasteiger partial charge in [-0.25, -0.2) is 4.39 Å². The molecule has 2 amide bonds. The molecule has 0 saturated carbocycles. The molecule has 0 atom stereocenters. The molecule has 1 aromatic carbocycles. The summed E-state index contributed by atoms with van der Waals surface area (Å²) in [7, 11) is 0. The zero-order valence-corrected chi connectivity index (χ0v) is 14.4. The number of halogens is 1. The van der Waals surface area contributed by atoms with Crippen molar-refractivity contribution in [1.29, 1.82) is 0 Å². The molecule has 0 bridgehead atoms. The minimum atomic E-state index is -0.321. The van der Waals surface area contributed by atoms with Gasteiger partial charge in [0.2, 0.25) is 11.7 Å². The molecule has 2 N–H and O–H groups in total. The first-order chi connectivity index (χ1) is 12.5. The van der Waals surface area contributed by atoms with E-state index in [4.69, 9.17) is 10.3 Å². The maximum atomic E-state index is 12.9. The second-order valence-electron chi connectivity index (χ2n) is 6.34. The average Bonchev–Trinajstić information content (AvgIpc) is 3.10. The summed E-state index contributed by atoms with van der Waals surface area (Å²) in [4.78, 5) is 27.2. The quantitative estimate of drug-likeness (QED) is 0.831. The molecular weight excluding hydrogens is 339 g/mol. The van der Waals surface area contributed by atoms with Gasteiger partial charge in [-0.3, -0.25) is 14.5 Å². The second kappa shape index (κ2) is 8.09. The fraction of sp³-hybridized carbons (Fsp3) is 0.389. The molecule has 0 radical (unpaired) electrons. The molecule has 0 unspecified atom stereocenters. The number of amides is 2. The van der Waals surface area contributed by atoms with Gasteiger partial charge < -0.3 is 15.2 Å². The first kappa shape index (κ1) is 18.1. The Morgan fingerprint density at radius 1 is 1.15 bits per heavy atom. The molecule has 26 heavy (non-hydrogen) atoms. The fourth-order valence-electron chi connectivity index (χ4n) is 2.91. The van der Waals surface area contributed by atoms with Crippen LogP contribution in [0.4, 0.5) is 4.39 Å². The van der Waals surface area contributed by atoms with Crippen LogP contribution in [0.2, 0.25) is 0 Å². The Kier molecular flexibility index (Phi) is 5.62. The number of carbonyl (C=O) groups excluding carboxylic acids is 2. The van der Waals surface area contributed by atoms with E-state index in [9.17, 15) is 14.0 Å². The Morgan fingerprint density at radius 3 is 2.50 bits per heavy atom. The third kappa shape index (κ3) is 4.66. The standard InChI is InChI=1S/C18H21FN4O3/c19-14-3-1-13(2-4-14)11-15-12-16(26-21-15)18(25)23-9-7-22(8-10-23)6-5-17(20)24/h1-4,12H,5-11H2,(H2,20,24). The van der Waals surface area contributed by atoms with E-state index in [1.54, 1.807) is 23.1 Å². The predicted octanol–water partition coefficient (Wildman–Crippen LogP) is 1.04. The van der Waals surface area contributed by atoms with Crippen LogP contribution in [0.15, 0.2) is 34.9 Å². The smallest absolute Gasteiger partial charge is 0.292 e. The van der Waals surface area contributed by atoms with Gasteiger partial charge in [0.25, 0.3) is 5.91 Å². The fourth-order valence-corrected chi connectivity index (χ4v) is 2.91. The van der Waals surface area contributed by atoms with Gasteiger partial charge in [0.05, 0.1) is 5.69 Å². The van der Waals surface area contributed by atoms with E-state index in [1.807, 2.05) is 0 Å². The number of rotatable bonds is 6. The zero-order valence-electron chi connectivity index (χ0n) is 14.4. The molecule has 3 rings (SSSR count). The molecular formula is C18H21FN4O3. The number of hydrogen-bond donors (Lipinski definition) is 1. The number of piperazine rings is 1. The van der Waals surface area contributed by atoms with Crippen LogP contribution in [0.1, 0.15) is 28.2 Å². The van der Waals surface area contributed by atoms with E-state index in [0.717, 1.165) is 5.56 Å². The number of carbonyl (C=O) groups is 2. The Morgan fingerprint density at radius 2 is 1.85 bits per heavy atom. The number of primary amides is 1. The number of aromatic nitrogens is 1. The highest BCUT2D eigenvalue weighted by molar-refractivity contribution is 5.91. The highest BCUT2D eigenvalue weighted by atomic mass is 19.1. The molecule has 0 spiro atoms. The monoisotopic (exact) mass is 360 g/mol. The number of hydrogen-bond acceptors (Lipinski definition) is 5. The Balaban J connectivity index is 1.53. The van der Waals surface area contributed by atoms with Crippen LogP contribution in [0.5, 0.6) is 0 Å². The summed E-state index contributed by atoms with van der Waals surface area (Å²) in [5.41, 5.74) is 6.67. The zero-order chi connectivity index (χ0) is 18.5. The minimum absolute atomic E-state index is 0.197. The van der Waals surface area contributed by atoms with Crippen LogP contribution in [-0.4, -0.2) is 59.5 Å². The third-order valence-corrected chi connectivity index (χ3v) is 4.40. The molecule has 1 saturated heterocycles. The van der Waals surface area contributed by atoms with Gasteiger partial charge in [-0.1, -0.05) is 17.3 Å². The molecule has 1 aliphatic rings. The topological polar surface area (TPSA) is 92.7 Å². The Hall–Kier alpha value is -2.74. The summed E-state index contributed by atoms with van der Waals surface area (Å²) in [5, 5.41) is 3.94. The predicted molar refractivity (Wildman–Crippen MR) is 91.9 cm³/mol. The van der Waals surface area contributed by atoms with Gasteiger partial charge in [0, 0.05) is 51.6 Å². The van der Waals surface area contributed by atoms with Gasteiger partial charge >= 0.3 is 0 Å². The molecule has 138 valence electrons. The Bertz CT molecular complexity index is 767. The molecule has 7 nitrogen and oxygen atoms in total. The SMILES string of the molecule is NC(=O)CCN1CCN(C(=O)c2cc(Cc3ccc(F)cc3)no2)CC1. The van der Waals surface area contributed by atoms with Crippen LogP contribution in [0.25, 0.3) is 0 Å². The lowest BCUT2D eigenvalue weighted by atomic mass is 10.1. The molecule has 8 heteroatoms. The second-order valence-corrected chi connectivity index (χ2v) is 6.34. The van der Waals surface area contributed by atoms with Gasteiger partial charge in [-0.05, 0) is 17.7 Å². The first-order valence-corrected chi connectivity index (χ1v) is 8.51. The summed E-state index contributed by atoms with van der Waals surface area (Å²) >= 11 is 0. The molecule has 2 aromatic rings. The highest BCUT2D eigenvalue weighted by Crippen LogP contribution is 2.14. The van der Waals surface area contributed by atoms with Crippen molar-refractivity contribution >= 4 is 11.8 Å². The van der Waals surface area contributed by atoms with Gasteiger partial charge in [0.1, 0.15) is 5.82 Å². The van der Waals surface area contributed by atoms with Crippen LogP contribution in [-0.2, 0) is 11.2 Å². The summed E-state index contributed by atoms with van der Waals surface area (Å²) < 4.78 is 18.1. The summed E-state index contributed by atoms with van der Waals surface area (Å²) in [5.74, 6) is -0.608. The van der Waals surface area contributed by atoms with Crippen molar-refractivity contribution in [2.45, 2.75) is 12.8 Å². The minimum Gasteiger partial charge on any atom is -0.370 e. The molecule has 1 fully saturated rings. The van der Waals surface area contributed by atoms with Crippen molar-refractivity contribution in [1.82, 2.24) is 15.0 Å². The summed E-state index contributed by atoms with van der Waals surface area (Å²) in [6.07, 6.45) is 0.792. The first-order valence-electron chi connectivity index (χ1n) is 8.51. The largest absolute Gasteiger partial charge is 0.370 e. The summed E-state index contributed by atoms with van der Waals surface area (Å²) in [6, 6.07) is 7.76. The van der Waals surface area contributed by atoms with Crippen LogP contribution in [0, 0.1) is 5.82 Å². The molecule has 1 aromatic heterocycles. The van der Waals surface area contributed by atoms with E-state index in [-0.39, 0.29) is 23.4 Å². The van der Waals surface area contributed by atoms with Crippen LogP contribution >= 0.6 is 0 Å². The highest BCUT2D eigenvalue weighted by Gasteiger charge is 2.25. The van der Waals surface area contributed by atoms with E-state index in [2.05, 4.69) is 10.1 Å². The van der Waals surface area contributed by atoms with E-state index >= 15 is 0 Å². The van der Waals surface area contributed by atoms with Crippen molar-refractivity contribution in [3.05, 3.63) is 53.2 Å². The van der Waals surface area contributed by atoms with Crippen molar-refractivity contribution in [3.8, 4) is 0 Å². The number of nitrogens with two attached hydrogens (primary N) is 1. The number of nitrogens with zero attached hydrogens (tertiary/aromatic N) is 3. The third-order valence-electron chi connectivity index (χ3n) is 4.40. The molecule has 2 heterocycles. The van der Waals surface area contributed by atoms with Crippen molar-refractivity contribution in [2.24, 2.45) is 5.73 Å². The van der Waals surface area contributed by atoms with Gasteiger partial charge in [-0.15, -0.1) is 0 Å². The van der Waals surface area contributed by atoms with Crippen molar-refractivity contribution in [2.75, 3.05) is 32.7 Å². The number of benzene rings is 1. The van der Waals surface area contributed by atoms with E-state index in [0.29, 0.717) is 51.3 Å². The maximum Gasteiger partial charge on any atom is 0.292 e. The summed E-state index contributed by atoms with van der Waals surface area (Å²) in [6.45, 7) is 3.11. The Labute approximate surface area is 150 Å². The van der Waals surface area contributed by atoms with E-state index < -0.39 is 0 Å². The van der Waals surface area contributed by atoms with Crippen molar-refractivity contribution < 1.29 is 18.5 Å². The average molecular weight is 360 g/mol. The van der Waals surface area contributed by atoms with Gasteiger partial charge in [-0.2, -0.15) is 0 Å². The normalized spacial score (nSPS) is 15.2. The maximum absolute atomic E-state index is 12.9. The van der Waals surface area contributed by atoms with Crippen LogP contribution in [0.3, 0.4) is 0 Å². The lowest BCUT2D eigenvalue weighted by Gasteiger charge is -2.33. The lowest BCUT2D eigenvalue weighted by molar-refractivity contribution is -0.118. The van der Waals surface area contributed by atoms with Crippen molar-refractivity contribution in [3.63, 3.8) is 0 Å². The lowest BCUT2D eigenvalue weighted by Crippen LogP contribution is -2.49. The molecule has 1 aliphatic heterocycles. The van der Waals surface area contributed by atoms with E-state index in [1.165, 1.54) is 12.1 Å².